The zero-order valence-electron chi connectivity index (χ0n) is 10.0. The van der Waals surface area contributed by atoms with E-state index in [0.717, 1.165) is 17.1 Å². The number of hydrogen-bond donors (Lipinski definition) is 2. The molecule has 0 saturated carbocycles. The quantitative estimate of drug-likeness (QED) is 0.863. The summed E-state index contributed by atoms with van der Waals surface area (Å²) in [6, 6.07) is 3.58. The maximum Gasteiger partial charge on any atom is 0.270 e. The van der Waals surface area contributed by atoms with Crippen LogP contribution in [0.15, 0.2) is 30.0 Å². The van der Waals surface area contributed by atoms with Crippen molar-refractivity contribution in [1.82, 2.24) is 15.3 Å². The van der Waals surface area contributed by atoms with Gasteiger partial charge in [-0.05, 0) is 19.1 Å². The van der Waals surface area contributed by atoms with Crippen molar-refractivity contribution in [3.05, 3.63) is 40.6 Å². The van der Waals surface area contributed by atoms with E-state index in [1.807, 2.05) is 13.0 Å². The fourth-order valence-electron chi connectivity index (χ4n) is 1.46. The van der Waals surface area contributed by atoms with Crippen LogP contribution in [0.4, 0.5) is 5.69 Å². The lowest BCUT2D eigenvalue weighted by Crippen LogP contribution is -2.23. The van der Waals surface area contributed by atoms with E-state index in [4.69, 9.17) is 0 Å². The molecule has 0 unspecified atom stereocenters. The van der Waals surface area contributed by atoms with Gasteiger partial charge in [0.05, 0.1) is 12.1 Å². The summed E-state index contributed by atoms with van der Waals surface area (Å²) < 4.78 is 0. The van der Waals surface area contributed by atoms with Gasteiger partial charge in [0.25, 0.3) is 5.91 Å². The van der Waals surface area contributed by atoms with Crippen LogP contribution in [0.2, 0.25) is 0 Å². The van der Waals surface area contributed by atoms with Gasteiger partial charge >= 0.3 is 0 Å². The summed E-state index contributed by atoms with van der Waals surface area (Å²) in [5, 5.41) is 5.96. The summed E-state index contributed by atoms with van der Waals surface area (Å²) in [6.07, 6.45) is 3.37. The molecule has 2 heterocycles. The van der Waals surface area contributed by atoms with E-state index in [2.05, 4.69) is 20.6 Å². The Morgan fingerprint density at radius 1 is 1.50 bits per heavy atom. The van der Waals surface area contributed by atoms with Gasteiger partial charge < -0.3 is 10.6 Å². The van der Waals surface area contributed by atoms with Gasteiger partial charge in [-0.2, -0.15) is 0 Å². The Kier molecular flexibility index (Phi) is 4.25. The van der Waals surface area contributed by atoms with E-state index in [-0.39, 0.29) is 5.91 Å². The topological polar surface area (TPSA) is 66.9 Å². The van der Waals surface area contributed by atoms with Crippen molar-refractivity contribution < 1.29 is 4.79 Å². The van der Waals surface area contributed by atoms with Crippen LogP contribution >= 0.6 is 11.3 Å². The molecule has 6 heteroatoms. The van der Waals surface area contributed by atoms with E-state index < -0.39 is 0 Å². The lowest BCUT2D eigenvalue weighted by atomic mass is 10.3. The second-order valence-electron chi connectivity index (χ2n) is 3.61. The molecule has 5 nitrogen and oxygen atoms in total. The molecule has 2 N–H and O–H groups in total. The number of carbonyl (C=O) groups is 1. The molecule has 18 heavy (non-hydrogen) atoms. The summed E-state index contributed by atoms with van der Waals surface area (Å²) in [7, 11) is 0. The van der Waals surface area contributed by atoms with Gasteiger partial charge in [-0.3, -0.25) is 14.8 Å². The molecular formula is C12H14N4OS. The summed E-state index contributed by atoms with van der Waals surface area (Å²) in [5.74, 6) is -0.178. The lowest BCUT2D eigenvalue weighted by molar-refractivity contribution is 0.0946. The minimum Gasteiger partial charge on any atom is -0.385 e. The van der Waals surface area contributed by atoms with Crippen LogP contribution in [0.5, 0.6) is 0 Å². The van der Waals surface area contributed by atoms with Gasteiger partial charge in [-0.1, -0.05) is 0 Å². The summed E-state index contributed by atoms with van der Waals surface area (Å²) in [6.45, 7) is 3.30. The maximum atomic E-state index is 11.9. The van der Waals surface area contributed by atoms with Crippen LogP contribution in [0.3, 0.4) is 0 Å². The van der Waals surface area contributed by atoms with Crippen molar-refractivity contribution in [3.8, 4) is 0 Å². The molecule has 0 bridgehead atoms. The Balaban J connectivity index is 1.97. The summed E-state index contributed by atoms with van der Waals surface area (Å²) >= 11 is 1.51. The Morgan fingerprint density at radius 2 is 2.39 bits per heavy atom. The van der Waals surface area contributed by atoms with E-state index >= 15 is 0 Å². The zero-order chi connectivity index (χ0) is 12.8. The van der Waals surface area contributed by atoms with Gasteiger partial charge in [0.1, 0.15) is 5.69 Å². The van der Waals surface area contributed by atoms with Gasteiger partial charge in [0, 0.05) is 29.5 Å². The third-order valence-electron chi connectivity index (χ3n) is 2.28. The first-order chi connectivity index (χ1) is 8.79. The average Bonchev–Trinajstić information content (AvgIpc) is 2.90. The highest BCUT2D eigenvalue weighted by Crippen LogP contribution is 2.08. The molecule has 0 aliphatic carbocycles. The Hall–Kier alpha value is -1.95. The normalized spacial score (nSPS) is 10.1. The fourth-order valence-corrected chi connectivity index (χ4v) is 1.99. The monoisotopic (exact) mass is 262 g/mol. The number of nitrogens with zero attached hydrogens (tertiary/aromatic N) is 2. The van der Waals surface area contributed by atoms with E-state index in [0.29, 0.717) is 12.2 Å². The van der Waals surface area contributed by atoms with Crippen molar-refractivity contribution in [2.24, 2.45) is 0 Å². The molecule has 0 aromatic carbocycles. The molecule has 2 rings (SSSR count). The molecule has 0 radical (unpaired) electrons. The highest BCUT2D eigenvalue weighted by atomic mass is 32.1. The van der Waals surface area contributed by atoms with Crippen LogP contribution in [-0.2, 0) is 6.54 Å². The Labute approximate surface area is 109 Å². The highest BCUT2D eigenvalue weighted by Gasteiger charge is 2.07. The number of amides is 1. The van der Waals surface area contributed by atoms with Gasteiger partial charge in [0.2, 0.25) is 0 Å². The SMILES string of the molecule is CCNc1ccnc(C(=O)NCc2cncs2)c1. The molecule has 1 amide bonds. The van der Waals surface area contributed by atoms with Crippen LogP contribution < -0.4 is 10.6 Å². The number of carbonyl (C=O) groups excluding carboxylic acids is 1. The summed E-state index contributed by atoms with van der Waals surface area (Å²) in [5.41, 5.74) is 3.05. The number of pyridine rings is 1. The van der Waals surface area contributed by atoms with Crippen LogP contribution in [0.1, 0.15) is 22.3 Å². The van der Waals surface area contributed by atoms with Crippen LogP contribution in [0, 0.1) is 0 Å². The first-order valence-corrected chi connectivity index (χ1v) is 6.53. The highest BCUT2D eigenvalue weighted by molar-refractivity contribution is 7.09. The Bertz CT molecular complexity index is 513. The predicted octanol–water partition coefficient (Wildman–Crippen LogP) is 1.90. The number of hydrogen-bond acceptors (Lipinski definition) is 5. The molecule has 2 aromatic heterocycles. The second kappa shape index (κ2) is 6.11. The molecule has 94 valence electrons. The van der Waals surface area contributed by atoms with Crippen molar-refractivity contribution >= 4 is 22.9 Å². The summed E-state index contributed by atoms with van der Waals surface area (Å²) in [4.78, 5) is 20.9. The van der Waals surface area contributed by atoms with Gasteiger partial charge in [-0.15, -0.1) is 11.3 Å². The number of nitrogens with one attached hydrogen (secondary N) is 2. The third-order valence-corrected chi connectivity index (χ3v) is 3.06. The minimum atomic E-state index is -0.178. The number of anilines is 1. The van der Waals surface area contributed by atoms with Crippen LogP contribution in [-0.4, -0.2) is 22.4 Å². The van der Waals surface area contributed by atoms with E-state index in [9.17, 15) is 4.79 Å². The van der Waals surface area contributed by atoms with Crippen LogP contribution in [0.25, 0.3) is 0 Å². The molecule has 0 fully saturated rings. The largest absolute Gasteiger partial charge is 0.385 e. The third kappa shape index (κ3) is 3.27. The molecule has 2 aromatic rings. The zero-order valence-corrected chi connectivity index (χ0v) is 10.8. The molecule has 0 aliphatic rings. The smallest absolute Gasteiger partial charge is 0.270 e. The number of rotatable bonds is 5. The maximum absolute atomic E-state index is 11.9. The van der Waals surface area contributed by atoms with Crippen molar-refractivity contribution in [1.29, 1.82) is 0 Å². The van der Waals surface area contributed by atoms with E-state index in [1.165, 1.54) is 11.3 Å². The second-order valence-corrected chi connectivity index (χ2v) is 4.58. The van der Waals surface area contributed by atoms with Crippen molar-refractivity contribution in [2.75, 3.05) is 11.9 Å². The van der Waals surface area contributed by atoms with Crippen molar-refractivity contribution in [2.45, 2.75) is 13.5 Å². The lowest BCUT2D eigenvalue weighted by Gasteiger charge is -2.06. The van der Waals surface area contributed by atoms with Gasteiger partial charge in [-0.25, -0.2) is 0 Å². The van der Waals surface area contributed by atoms with Gasteiger partial charge in [0.15, 0.2) is 0 Å². The predicted molar refractivity (Wildman–Crippen MR) is 71.7 cm³/mol. The standard InChI is InChI=1S/C12H14N4OS/c1-2-14-9-3-4-15-11(5-9)12(17)16-7-10-6-13-8-18-10/h3-6,8H,2,7H2,1H3,(H,14,15)(H,16,17). The average molecular weight is 262 g/mol. The van der Waals surface area contributed by atoms with Crippen molar-refractivity contribution in [3.63, 3.8) is 0 Å². The molecule has 0 spiro atoms. The molecular weight excluding hydrogens is 248 g/mol. The first-order valence-electron chi connectivity index (χ1n) is 5.65. The first kappa shape index (κ1) is 12.5. The molecule has 0 aliphatic heterocycles. The minimum absolute atomic E-state index is 0.178. The molecule has 0 saturated heterocycles. The molecule has 0 atom stereocenters. The fraction of sp³-hybridized carbons (Fsp3) is 0.250. The van der Waals surface area contributed by atoms with E-state index in [1.54, 1.807) is 24.0 Å². The Morgan fingerprint density at radius 3 is 3.11 bits per heavy atom. The number of thiazole rings is 1. The number of aromatic nitrogens is 2.